The van der Waals surface area contributed by atoms with Gasteiger partial charge in [-0.2, -0.15) is 0 Å². The lowest BCUT2D eigenvalue weighted by atomic mass is 9.81. The molecule has 3 aromatic rings. The quantitative estimate of drug-likeness (QED) is 0.302. The highest BCUT2D eigenvalue weighted by Gasteiger charge is 2.33. The molecule has 1 aliphatic carbocycles. The molecule has 4 rings (SSSR count). The average molecular weight is 642 g/mol. The topological polar surface area (TPSA) is 150 Å². The van der Waals surface area contributed by atoms with E-state index in [-0.39, 0.29) is 63.6 Å². The van der Waals surface area contributed by atoms with E-state index >= 15 is 0 Å². The van der Waals surface area contributed by atoms with Crippen LogP contribution in [-0.4, -0.2) is 110 Å². The van der Waals surface area contributed by atoms with Crippen LogP contribution in [0.2, 0.25) is 5.02 Å². The van der Waals surface area contributed by atoms with Crippen LogP contribution in [0.4, 0.5) is 11.5 Å². The van der Waals surface area contributed by atoms with E-state index in [1.54, 1.807) is 25.1 Å². The maximum atomic E-state index is 13.6. The lowest BCUT2D eigenvalue weighted by Gasteiger charge is -2.30. The van der Waals surface area contributed by atoms with Crippen LogP contribution in [0.1, 0.15) is 46.7 Å². The Hall–Kier alpha value is -4.07. The van der Waals surface area contributed by atoms with Gasteiger partial charge in [-0.1, -0.05) is 11.6 Å². The zero-order valence-electron chi connectivity index (χ0n) is 26.3. The number of hydrogen-bond donors (Lipinski definition) is 2. The first-order valence-electron chi connectivity index (χ1n) is 14.8. The van der Waals surface area contributed by atoms with Gasteiger partial charge in [-0.15, -0.1) is 0 Å². The average Bonchev–Trinajstić information content (AvgIpc) is 3.40. The standard InChI is InChI=1S/C31H40ClN7O6/c1-37(2)14-15-38(3)30(42)20-8-6-19(7-9-20)28(40)36-26-25-23(12-11-22(34-25)31(43)39(4)16-17-44-5)45-27(26)29(41)35-24-13-10-21(32)18-33-24/h10-13,18-20H,6-9,14-17H2,1-5H3,(H,36,40)(H,33,35,41)/t19-,20-. The van der Waals surface area contributed by atoms with Crippen LogP contribution in [0, 0.1) is 11.8 Å². The van der Waals surface area contributed by atoms with Gasteiger partial charge in [0.25, 0.3) is 11.8 Å². The van der Waals surface area contributed by atoms with Gasteiger partial charge in [0.2, 0.25) is 17.6 Å². The maximum absolute atomic E-state index is 13.6. The lowest BCUT2D eigenvalue weighted by molar-refractivity contribution is -0.136. The van der Waals surface area contributed by atoms with E-state index in [2.05, 4.69) is 20.6 Å². The van der Waals surface area contributed by atoms with E-state index in [4.69, 9.17) is 20.8 Å². The van der Waals surface area contributed by atoms with Crippen molar-refractivity contribution in [1.29, 1.82) is 0 Å². The Balaban J connectivity index is 1.56. The lowest BCUT2D eigenvalue weighted by Crippen LogP contribution is -2.39. The predicted octanol–water partition coefficient (Wildman–Crippen LogP) is 3.61. The molecule has 2 N–H and O–H groups in total. The molecule has 0 aliphatic heterocycles. The third-order valence-corrected chi connectivity index (χ3v) is 8.08. The van der Waals surface area contributed by atoms with Crippen LogP contribution in [0.25, 0.3) is 11.1 Å². The van der Waals surface area contributed by atoms with Gasteiger partial charge in [-0.05, 0) is 64.0 Å². The van der Waals surface area contributed by atoms with Gasteiger partial charge in [-0.25, -0.2) is 9.97 Å². The van der Waals surface area contributed by atoms with Gasteiger partial charge < -0.3 is 34.5 Å². The number of amides is 4. The zero-order valence-corrected chi connectivity index (χ0v) is 27.0. The number of pyridine rings is 2. The molecule has 13 nitrogen and oxygen atoms in total. The first-order chi connectivity index (χ1) is 21.5. The summed E-state index contributed by atoms with van der Waals surface area (Å²) >= 11 is 5.92. The van der Waals surface area contributed by atoms with Crippen molar-refractivity contribution >= 4 is 57.8 Å². The normalized spacial score (nSPS) is 16.4. The van der Waals surface area contributed by atoms with Crippen molar-refractivity contribution in [3.8, 4) is 0 Å². The predicted molar refractivity (Wildman–Crippen MR) is 170 cm³/mol. The summed E-state index contributed by atoms with van der Waals surface area (Å²) in [6.07, 6.45) is 3.57. The number of aromatic nitrogens is 2. The number of nitrogens with one attached hydrogen (secondary N) is 2. The molecule has 0 spiro atoms. The molecule has 242 valence electrons. The van der Waals surface area contributed by atoms with Crippen LogP contribution in [0.5, 0.6) is 0 Å². The number of methoxy groups -OCH3 is 1. The number of rotatable bonds is 12. The molecule has 0 radical (unpaired) electrons. The largest absolute Gasteiger partial charge is 0.447 e. The molecule has 0 aromatic carbocycles. The third kappa shape index (κ3) is 8.56. The van der Waals surface area contributed by atoms with Crippen molar-refractivity contribution in [2.24, 2.45) is 11.8 Å². The Morgan fingerprint density at radius 2 is 1.64 bits per heavy atom. The first-order valence-corrected chi connectivity index (χ1v) is 15.2. The highest BCUT2D eigenvalue weighted by atomic mass is 35.5. The molecule has 3 heterocycles. The second-order valence-electron chi connectivity index (χ2n) is 11.5. The Morgan fingerprint density at radius 1 is 0.933 bits per heavy atom. The van der Waals surface area contributed by atoms with Crippen molar-refractivity contribution in [2.45, 2.75) is 25.7 Å². The Morgan fingerprint density at radius 3 is 2.29 bits per heavy atom. The van der Waals surface area contributed by atoms with Gasteiger partial charge in [0, 0.05) is 58.9 Å². The van der Waals surface area contributed by atoms with Gasteiger partial charge in [0.05, 0.1) is 11.6 Å². The number of carbonyl (C=O) groups is 4. The summed E-state index contributed by atoms with van der Waals surface area (Å²) in [6.45, 7) is 2.10. The van der Waals surface area contributed by atoms with Gasteiger partial charge >= 0.3 is 0 Å². The molecule has 14 heteroatoms. The zero-order chi connectivity index (χ0) is 32.7. The van der Waals surface area contributed by atoms with E-state index in [1.165, 1.54) is 29.3 Å². The summed E-state index contributed by atoms with van der Waals surface area (Å²) in [4.78, 5) is 66.8. The van der Waals surface area contributed by atoms with Crippen LogP contribution in [0.15, 0.2) is 34.9 Å². The van der Waals surface area contributed by atoms with Crippen LogP contribution in [0.3, 0.4) is 0 Å². The highest BCUT2D eigenvalue weighted by molar-refractivity contribution is 6.30. The summed E-state index contributed by atoms with van der Waals surface area (Å²) in [5.41, 5.74) is 0.541. The Bertz CT molecular complexity index is 1520. The summed E-state index contributed by atoms with van der Waals surface area (Å²) in [5, 5.41) is 5.91. The fraction of sp³-hybridized carbons (Fsp3) is 0.484. The number of hydrogen-bond acceptors (Lipinski definition) is 9. The van der Waals surface area contributed by atoms with Crippen molar-refractivity contribution in [3.05, 3.63) is 46.9 Å². The first kappa shape index (κ1) is 33.8. The van der Waals surface area contributed by atoms with E-state index in [0.717, 1.165) is 6.54 Å². The number of anilines is 2. The summed E-state index contributed by atoms with van der Waals surface area (Å²) in [7, 11) is 8.91. The van der Waals surface area contributed by atoms with Crippen LogP contribution in [-0.2, 0) is 14.3 Å². The summed E-state index contributed by atoms with van der Waals surface area (Å²) < 4.78 is 10.9. The van der Waals surface area contributed by atoms with Crippen molar-refractivity contribution < 1.29 is 28.3 Å². The smallest absolute Gasteiger partial charge is 0.294 e. The Labute approximate surface area is 267 Å². The second-order valence-corrected chi connectivity index (χ2v) is 11.9. The molecular weight excluding hydrogens is 602 g/mol. The molecular formula is C31H40ClN7O6. The molecule has 0 unspecified atom stereocenters. The van der Waals surface area contributed by atoms with E-state index in [0.29, 0.717) is 50.4 Å². The fourth-order valence-electron chi connectivity index (χ4n) is 5.12. The van der Waals surface area contributed by atoms with Crippen LogP contribution >= 0.6 is 11.6 Å². The molecule has 1 fully saturated rings. The van der Waals surface area contributed by atoms with E-state index in [9.17, 15) is 19.2 Å². The van der Waals surface area contributed by atoms with Crippen molar-refractivity contribution in [2.75, 3.05) is 72.2 Å². The second kappa shape index (κ2) is 15.3. The van der Waals surface area contributed by atoms with Gasteiger partial charge in [0.1, 0.15) is 22.7 Å². The molecule has 4 amide bonds. The minimum absolute atomic E-state index is 0.0530. The van der Waals surface area contributed by atoms with Crippen LogP contribution < -0.4 is 10.6 Å². The van der Waals surface area contributed by atoms with E-state index in [1.807, 2.05) is 26.0 Å². The van der Waals surface area contributed by atoms with E-state index < -0.39 is 5.91 Å². The monoisotopic (exact) mass is 641 g/mol. The third-order valence-electron chi connectivity index (χ3n) is 7.86. The summed E-state index contributed by atoms with van der Waals surface area (Å²) in [6, 6.07) is 6.14. The molecule has 45 heavy (non-hydrogen) atoms. The minimum Gasteiger partial charge on any atom is -0.447 e. The SMILES string of the molecule is COCCN(C)C(=O)c1ccc2oc(C(=O)Nc3ccc(Cl)cn3)c(NC(=O)[C@H]3CC[C@H](C(=O)N(C)CCN(C)C)CC3)c2n1. The van der Waals surface area contributed by atoms with Gasteiger partial charge in [0.15, 0.2) is 5.58 Å². The van der Waals surface area contributed by atoms with Crippen molar-refractivity contribution in [3.63, 3.8) is 0 Å². The van der Waals surface area contributed by atoms with Crippen molar-refractivity contribution in [1.82, 2.24) is 24.7 Å². The number of carbonyl (C=O) groups excluding carboxylic acids is 4. The molecule has 1 aliphatic rings. The number of furan rings is 1. The highest BCUT2D eigenvalue weighted by Crippen LogP contribution is 2.34. The molecule has 0 atom stereocenters. The number of likely N-dealkylation sites (N-methyl/N-ethyl adjacent to an activating group) is 3. The summed E-state index contributed by atoms with van der Waals surface area (Å²) in [5.74, 6) is -1.75. The Kier molecular flexibility index (Phi) is 11.5. The molecule has 1 saturated carbocycles. The minimum atomic E-state index is -0.668. The maximum Gasteiger partial charge on any atom is 0.294 e. The number of nitrogens with zero attached hydrogens (tertiary/aromatic N) is 5. The number of fused-ring (bicyclic) bond motifs is 1. The molecule has 0 saturated heterocycles. The fourth-order valence-corrected chi connectivity index (χ4v) is 5.23. The number of ether oxygens (including phenoxy) is 1. The molecule has 0 bridgehead atoms. The van der Waals surface area contributed by atoms with Gasteiger partial charge in [-0.3, -0.25) is 19.2 Å². The molecule has 3 aromatic heterocycles. The number of halogens is 1.